The smallest absolute Gasteiger partial charge is 0.335 e. The molecule has 0 fully saturated rings. The maximum Gasteiger partial charge on any atom is 0.335 e. The van der Waals surface area contributed by atoms with Crippen LogP contribution < -0.4 is 0 Å². The molecular weight excluding hydrogens is 212 g/mol. The van der Waals surface area contributed by atoms with Crippen LogP contribution in [0.1, 0.15) is 17.2 Å². The number of benzene rings is 1. The molecule has 2 unspecified atom stereocenters. The molecule has 0 saturated heterocycles. The lowest BCUT2D eigenvalue weighted by Gasteiger charge is -2.15. The van der Waals surface area contributed by atoms with Crippen LogP contribution in [0.25, 0.3) is 0 Å². The third kappa shape index (κ3) is 3.03. The van der Waals surface area contributed by atoms with Crippen molar-refractivity contribution in [2.24, 2.45) is 0 Å². The lowest BCUT2D eigenvalue weighted by Crippen LogP contribution is -2.27. The fraction of sp³-hybridized carbons (Fsp3) is 0.364. The second-order valence-corrected chi connectivity index (χ2v) is 3.45. The summed E-state index contributed by atoms with van der Waals surface area (Å²) in [5.74, 6) is -1.47. The zero-order valence-electron chi connectivity index (χ0n) is 8.58. The molecule has 0 spiro atoms. The molecule has 2 atom stereocenters. The third-order valence-corrected chi connectivity index (χ3v) is 2.25. The highest BCUT2D eigenvalue weighted by atomic mass is 16.4. The number of carbonyl (C=O) groups is 1. The minimum absolute atomic E-state index is 0.0268. The first-order chi connectivity index (χ1) is 7.56. The summed E-state index contributed by atoms with van der Waals surface area (Å²) >= 11 is 0. The summed E-state index contributed by atoms with van der Waals surface area (Å²) in [7, 11) is 0. The van der Waals surface area contributed by atoms with Crippen molar-refractivity contribution >= 4 is 5.97 Å². The normalized spacial score (nSPS) is 14.4. The Morgan fingerprint density at radius 2 is 2.00 bits per heavy atom. The van der Waals surface area contributed by atoms with Gasteiger partial charge >= 0.3 is 5.97 Å². The Kier molecular flexibility index (Phi) is 4.42. The number of aliphatic hydroxyl groups excluding tert-OH is 3. The van der Waals surface area contributed by atoms with Crippen LogP contribution in [0.15, 0.2) is 24.3 Å². The molecule has 0 bridgehead atoms. The van der Waals surface area contributed by atoms with E-state index in [4.69, 9.17) is 10.2 Å². The molecule has 0 radical (unpaired) electrons. The van der Waals surface area contributed by atoms with Crippen molar-refractivity contribution in [1.29, 1.82) is 0 Å². The molecule has 1 aromatic carbocycles. The second-order valence-electron chi connectivity index (χ2n) is 3.45. The summed E-state index contributed by atoms with van der Waals surface area (Å²) < 4.78 is 0. The highest BCUT2D eigenvalue weighted by molar-refractivity contribution is 5.73. The van der Waals surface area contributed by atoms with E-state index in [1.165, 1.54) is 6.07 Å². The van der Waals surface area contributed by atoms with E-state index in [0.29, 0.717) is 12.0 Å². The monoisotopic (exact) mass is 226 g/mol. The van der Waals surface area contributed by atoms with Crippen LogP contribution in [-0.4, -0.2) is 39.1 Å². The van der Waals surface area contributed by atoms with Crippen LogP contribution in [0.3, 0.4) is 0 Å². The van der Waals surface area contributed by atoms with Crippen molar-refractivity contribution in [3.63, 3.8) is 0 Å². The van der Waals surface area contributed by atoms with E-state index in [0.717, 1.165) is 5.56 Å². The number of rotatable bonds is 5. The fourth-order valence-electron chi connectivity index (χ4n) is 1.38. The summed E-state index contributed by atoms with van der Waals surface area (Å²) in [6, 6.07) is 6.47. The maximum absolute atomic E-state index is 10.5. The zero-order chi connectivity index (χ0) is 12.1. The van der Waals surface area contributed by atoms with E-state index < -0.39 is 18.2 Å². The van der Waals surface area contributed by atoms with E-state index >= 15 is 0 Å². The van der Waals surface area contributed by atoms with Crippen molar-refractivity contribution in [2.45, 2.75) is 18.6 Å². The first-order valence-corrected chi connectivity index (χ1v) is 4.85. The second kappa shape index (κ2) is 5.60. The molecule has 1 rings (SSSR count). The molecule has 0 aliphatic heterocycles. The van der Waals surface area contributed by atoms with Crippen molar-refractivity contribution in [2.75, 3.05) is 6.61 Å². The summed E-state index contributed by atoms with van der Waals surface area (Å²) in [5.41, 5.74) is 1.09. The van der Waals surface area contributed by atoms with E-state index in [1.54, 1.807) is 18.2 Å². The Bertz CT molecular complexity index is 363. The average Bonchev–Trinajstić information content (AvgIpc) is 2.28. The molecule has 0 saturated carbocycles. The van der Waals surface area contributed by atoms with Gasteiger partial charge in [-0.25, -0.2) is 4.79 Å². The molecule has 5 heteroatoms. The Labute approximate surface area is 92.6 Å². The van der Waals surface area contributed by atoms with Gasteiger partial charge in [0, 0.05) is 6.61 Å². The van der Waals surface area contributed by atoms with Gasteiger partial charge in [0.05, 0.1) is 0 Å². The summed E-state index contributed by atoms with van der Waals surface area (Å²) in [4.78, 5) is 10.5. The molecule has 0 aliphatic carbocycles. The van der Waals surface area contributed by atoms with Gasteiger partial charge in [0.2, 0.25) is 0 Å². The molecule has 88 valence electrons. The van der Waals surface area contributed by atoms with Crippen molar-refractivity contribution in [3.05, 3.63) is 35.4 Å². The zero-order valence-corrected chi connectivity index (χ0v) is 8.58. The van der Waals surface area contributed by atoms with Crippen molar-refractivity contribution in [1.82, 2.24) is 0 Å². The van der Waals surface area contributed by atoms with E-state index in [9.17, 15) is 15.0 Å². The highest BCUT2D eigenvalue weighted by Crippen LogP contribution is 2.18. The first kappa shape index (κ1) is 12.6. The SMILES string of the molecule is O=C(O)C(O)C(O)c1cccc(CCO)c1. The van der Waals surface area contributed by atoms with E-state index in [1.807, 2.05) is 0 Å². The number of carboxylic acid groups (broad SMARTS) is 1. The molecule has 0 aromatic heterocycles. The van der Waals surface area contributed by atoms with Gasteiger partial charge in [-0.1, -0.05) is 24.3 Å². The predicted molar refractivity (Wildman–Crippen MR) is 55.8 cm³/mol. The maximum atomic E-state index is 10.5. The Morgan fingerprint density at radius 3 is 2.56 bits per heavy atom. The first-order valence-electron chi connectivity index (χ1n) is 4.85. The lowest BCUT2D eigenvalue weighted by atomic mass is 10.0. The summed E-state index contributed by atoms with van der Waals surface area (Å²) in [5, 5.41) is 36.0. The number of aliphatic carboxylic acids is 1. The van der Waals surface area contributed by atoms with Crippen molar-refractivity contribution < 1.29 is 25.2 Å². The van der Waals surface area contributed by atoms with Gasteiger partial charge in [-0.2, -0.15) is 0 Å². The van der Waals surface area contributed by atoms with Gasteiger partial charge in [-0.3, -0.25) is 0 Å². The van der Waals surface area contributed by atoms with E-state index in [2.05, 4.69) is 0 Å². The molecule has 1 aromatic rings. The topological polar surface area (TPSA) is 98.0 Å². The van der Waals surface area contributed by atoms with Gasteiger partial charge in [0.25, 0.3) is 0 Å². The molecule has 5 nitrogen and oxygen atoms in total. The van der Waals surface area contributed by atoms with Crippen LogP contribution in [0, 0.1) is 0 Å². The van der Waals surface area contributed by atoms with Gasteiger partial charge in [-0.15, -0.1) is 0 Å². The minimum Gasteiger partial charge on any atom is -0.479 e. The van der Waals surface area contributed by atoms with Crippen LogP contribution in [0.5, 0.6) is 0 Å². The minimum atomic E-state index is -1.84. The fourth-order valence-corrected chi connectivity index (χ4v) is 1.38. The molecule has 4 N–H and O–H groups in total. The largest absolute Gasteiger partial charge is 0.479 e. The molecule has 0 heterocycles. The number of hydrogen-bond acceptors (Lipinski definition) is 4. The number of carboxylic acids is 1. The summed E-state index contributed by atoms with van der Waals surface area (Å²) in [6.07, 6.45) is -2.88. The van der Waals surface area contributed by atoms with Crippen LogP contribution in [-0.2, 0) is 11.2 Å². The van der Waals surface area contributed by atoms with Gasteiger partial charge in [-0.05, 0) is 17.5 Å². The van der Waals surface area contributed by atoms with Crippen LogP contribution in [0.2, 0.25) is 0 Å². The molecule has 16 heavy (non-hydrogen) atoms. The number of hydrogen-bond donors (Lipinski definition) is 4. The predicted octanol–water partition coefficient (Wildman–Crippen LogP) is -0.300. The molecule has 0 aliphatic rings. The Balaban J connectivity index is 2.86. The third-order valence-electron chi connectivity index (χ3n) is 2.25. The van der Waals surface area contributed by atoms with E-state index in [-0.39, 0.29) is 6.61 Å². The molecule has 0 amide bonds. The van der Waals surface area contributed by atoms with Gasteiger partial charge in [0.15, 0.2) is 6.10 Å². The van der Waals surface area contributed by atoms with Crippen LogP contribution >= 0.6 is 0 Å². The quantitative estimate of drug-likeness (QED) is 0.552. The molecular formula is C11H14O5. The Hall–Kier alpha value is -1.43. The summed E-state index contributed by atoms with van der Waals surface area (Å²) in [6.45, 7) is -0.0268. The highest BCUT2D eigenvalue weighted by Gasteiger charge is 2.24. The van der Waals surface area contributed by atoms with Gasteiger partial charge < -0.3 is 20.4 Å². The lowest BCUT2D eigenvalue weighted by molar-refractivity contribution is -0.153. The number of aliphatic hydroxyl groups is 3. The van der Waals surface area contributed by atoms with Crippen molar-refractivity contribution in [3.8, 4) is 0 Å². The Morgan fingerprint density at radius 1 is 1.31 bits per heavy atom. The van der Waals surface area contributed by atoms with Gasteiger partial charge in [0.1, 0.15) is 6.10 Å². The average molecular weight is 226 g/mol. The van der Waals surface area contributed by atoms with Crippen LogP contribution in [0.4, 0.5) is 0 Å². The standard InChI is InChI=1S/C11H14O5/c12-5-4-7-2-1-3-8(6-7)9(13)10(14)11(15)16/h1-3,6,9-10,12-14H,4-5H2,(H,15,16).